The van der Waals surface area contributed by atoms with Gasteiger partial charge in [-0.25, -0.2) is 0 Å². The van der Waals surface area contributed by atoms with Gasteiger partial charge in [0.25, 0.3) is 0 Å². The van der Waals surface area contributed by atoms with Gasteiger partial charge in [0.2, 0.25) is 0 Å². The van der Waals surface area contributed by atoms with Crippen LogP contribution in [0.3, 0.4) is 0 Å². The van der Waals surface area contributed by atoms with Crippen molar-refractivity contribution in [1.29, 1.82) is 0 Å². The Morgan fingerprint density at radius 3 is 2.88 bits per heavy atom. The Hall–Kier alpha value is -1.75. The molecule has 0 saturated carbocycles. The van der Waals surface area contributed by atoms with E-state index in [1.165, 1.54) is 5.56 Å². The van der Waals surface area contributed by atoms with Gasteiger partial charge in [-0.3, -0.25) is 0 Å². The van der Waals surface area contributed by atoms with E-state index in [2.05, 4.69) is 33.8 Å². The minimum atomic E-state index is 0.817. The van der Waals surface area contributed by atoms with Crippen molar-refractivity contribution >= 4 is 0 Å². The lowest BCUT2D eigenvalue weighted by Crippen LogP contribution is -2.14. The molecule has 0 aliphatic carbocycles. The molecule has 1 aromatic carbocycles. The molecule has 84 valence electrons. The molecule has 2 aromatic rings. The summed E-state index contributed by atoms with van der Waals surface area (Å²) < 4.78 is 1.80. The van der Waals surface area contributed by atoms with Gasteiger partial charge in [-0.2, -0.15) is 4.68 Å². The molecule has 0 aliphatic heterocycles. The molecule has 1 aromatic heterocycles. The zero-order chi connectivity index (χ0) is 11.4. The molecule has 0 spiro atoms. The smallest absolute Gasteiger partial charge is 0.157 e. The van der Waals surface area contributed by atoms with Gasteiger partial charge in [0.05, 0.1) is 5.69 Å². The highest BCUT2D eigenvalue weighted by atomic mass is 15.5. The van der Waals surface area contributed by atoms with E-state index < -0.39 is 0 Å². The van der Waals surface area contributed by atoms with Gasteiger partial charge in [0, 0.05) is 13.0 Å². The minimum absolute atomic E-state index is 0.817. The highest BCUT2D eigenvalue weighted by Gasteiger charge is 2.08. The average molecular weight is 217 g/mol. The van der Waals surface area contributed by atoms with Crippen LogP contribution in [0.5, 0.6) is 0 Å². The molecular weight excluding hydrogens is 202 g/mol. The molecule has 16 heavy (non-hydrogen) atoms. The normalized spacial score (nSPS) is 10.6. The van der Waals surface area contributed by atoms with Crippen LogP contribution in [0.15, 0.2) is 24.3 Å². The average Bonchev–Trinajstić information content (AvgIpc) is 2.75. The van der Waals surface area contributed by atoms with E-state index in [1.807, 2.05) is 25.2 Å². The number of nitrogens with one attached hydrogen (secondary N) is 1. The fraction of sp³-hybridized carbons (Fsp3) is 0.364. The summed E-state index contributed by atoms with van der Waals surface area (Å²) in [6.07, 6.45) is 0.817. The number of hydrogen-bond acceptors (Lipinski definition) is 4. The maximum Gasteiger partial charge on any atom is 0.157 e. The van der Waals surface area contributed by atoms with Crippen LogP contribution >= 0.6 is 0 Å². The molecular formula is C11H15N5. The molecule has 0 saturated heterocycles. The maximum absolute atomic E-state index is 4.03. The SMILES string of the molecule is CNCCc1nnnn1-c1ccccc1C. The van der Waals surface area contributed by atoms with Gasteiger partial charge in [-0.15, -0.1) is 5.10 Å². The van der Waals surface area contributed by atoms with Crippen LogP contribution in [0.2, 0.25) is 0 Å². The first kappa shape index (κ1) is 10.8. The van der Waals surface area contributed by atoms with E-state index in [9.17, 15) is 0 Å². The molecule has 0 amide bonds. The molecule has 0 fully saturated rings. The van der Waals surface area contributed by atoms with E-state index in [1.54, 1.807) is 4.68 Å². The second kappa shape index (κ2) is 4.85. The minimum Gasteiger partial charge on any atom is -0.319 e. The largest absolute Gasteiger partial charge is 0.319 e. The fourth-order valence-electron chi connectivity index (χ4n) is 1.59. The zero-order valence-electron chi connectivity index (χ0n) is 9.51. The molecule has 1 N–H and O–H groups in total. The second-order valence-electron chi connectivity index (χ2n) is 3.65. The van der Waals surface area contributed by atoms with Crippen molar-refractivity contribution in [3.8, 4) is 5.69 Å². The molecule has 0 atom stereocenters. The van der Waals surface area contributed by atoms with Gasteiger partial charge in [-0.05, 0) is 36.0 Å². The number of nitrogens with zero attached hydrogens (tertiary/aromatic N) is 4. The summed E-state index contributed by atoms with van der Waals surface area (Å²) in [5, 5.41) is 14.9. The molecule has 5 nitrogen and oxygen atoms in total. The van der Waals surface area contributed by atoms with Crippen LogP contribution in [0, 0.1) is 6.92 Å². The van der Waals surface area contributed by atoms with Crippen LogP contribution in [0.1, 0.15) is 11.4 Å². The van der Waals surface area contributed by atoms with Crippen molar-refractivity contribution in [1.82, 2.24) is 25.5 Å². The third-order valence-electron chi connectivity index (χ3n) is 2.48. The van der Waals surface area contributed by atoms with E-state index in [-0.39, 0.29) is 0 Å². The summed E-state index contributed by atoms with van der Waals surface area (Å²) >= 11 is 0. The Labute approximate surface area is 94.5 Å². The lowest BCUT2D eigenvalue weighted by atomic mass is 10.2. The van der Waals surface area contributed by atoms with Crippen molar-refractivity contribution in [3.63, 3.8) is 0 Å². The predicted octanol–water partition coefficient (Wildman–Crippen LogP) is 0.733. The monoisotopic (exact) mass is 217 g/mol. The van der Waals surface area contributed by atoms with Gasteiger partial charge in [0.15, 0.2) is 5.82 Å². The number of hydrogen-bond donors (Lipinski definition) is 1. The summed E-state index contributed by atoms with van der Waals surface area (Å²) in [6, 6.07) is 8.08. The Bertz CT molecular complexity index is 463. The van der Waals surface area contributed by atoms with Crippen molar-refractivity contribution in [2.45, 2.75) is 13.3 Å². The summed E-state index contributed by atoms with van der Waals surface area (Å²) in [5.74, 6) is 0.878. The van der Waals surface area contributed by atoms with Gasteiger partial charge in [-0.1, -0.05) is 18.2 Å². The van der Waals surface area contributed by atoms with Crippen LogP contribution in [0.25, 0.3) is 5.69 Å². The molecule has 0 radical (unpaired) electrons. The number of likely N-dealkylation sites (N-methyl/N-ethyl adjacent to an activating group) is 1. The Morgan fingerprint density at radius 1 is 1.31 bits per heavy atom. The molecule has 2 rings (SSSR count). The summed E-state index contributed by atoms with van der Waals surface area (Å²) in [6.45, 7) is 2.92. The number of tetrazole rings is 1. The predicted molar refractivity (Wildman–Crippen MR) is 61.5 cm³/mol. The van der Waals surface area contributed by atoms with Gasteiger partial charge >= 0.3 is 0 Å². The lowest BCUT2D eigenvalue weighted by Gasteiger charge is -2.06. The number of aryl methyl sites for hydroxylation is 1. The Balaban J connectivity index is 2.33. The third-order valence-corrected chi connectivity index (χ3v) is 2.48. The van der Waals surface area contributed by atoms with E-state index in [4.69, 9.17) is 0 Å². The number of aromatic nitrogens is 4. The van der Waals surface area contributed by atoms with E-state index >= 15 is 0 Å². The third kappa shape index (κ3) is 2.09. The molecule has 0 aliphatic rings. The highest BCUT2D eigenvalue weighted by Crippen LogP contribution is 2.12. The van der Waals surface area contributed by atoms with Crippen molar-refractivity contribution < 1.29 is 0 Å². The van der Waals surface area contributed by atoms with Crippen molar-refractivity contribution in [2.75, 3.05) is 13.6 Å². The summed E-state index contributed by atoms with van der Waals surface area (Å²) in [4.78, 5) is 0. The highest BCUT2D eigenvalue weighted by molar-refractivity contribution is 5.39. The standard InChI is InChI=1S/C11H15N5/c1-9-5-3-4-6-10(9)16-11(7-8-12-2)13-14-15-16/h3-6,12H,7-8H2,1-2H3. The van der Waals surface area contributed by atoms with Crippen LogP contribution in [-0.4, -0.2) is 33.8 Å². The Kier molecular flexibility index (Phi) is 3.26. The second-order valence-corrected chi connectivity index (χ2v) is 3.65. The fourth-order valence-corrected chi connectivity index (χ4v) is 1.59. The van der Waals surface area contributed by atoms with Crippen molar-refractivity contribution in [3.05, 3.63) is 35.7 Å². The van der Waals surface area contributed by atoms with Crippen LogP contribution in [0.4, 0.5) is 0 Å². The van der Waals surface area contributed by atoms with Gasteiger partial charge < -0.3 is 5.32 Å². The lowest BCUT2D eigenvalue weighted by molar-refractivity contribution is 0.714. The first-order valence-corrected chi connectivity index (χ1v) is 5.31. The van der Waals surface area contributed by atoms with Crippen LogP contribution in [-0.2, 0) is 6.42 Å². The van der Waals surface area contributed by atoms with Crippen molar-refractivity contribution in [2.24, 2.45) is 0 Å². The maximum atomic E-state index is 4.03. The molecule has 1 heterocycles. The summed E-state index contributed by atoms with van der Waals surface area (Å²) in [7, 11) is 1.92. The number of rotatable bonds is 4. The molecule has 5 heteroatoms. The van der Waals surface area contributed by atoms with E-state index in [0.717, 1.165) is 24.5 Å². The van der Waals surface area contributed by atoms with Crippen LogP contribution < -0.4 is 5.32 Å². The number of benzene rings is 1. The Morgan fingerprint density at radius 2 is 2.12 bits per heavy atom. The quantitative estimate of drug-likeness (QED) is 0.820. The topological polar surface area (TPSA) is 55.6 Å². The first-order valence-electron chi connectivity index (χ1n) is 5.31. The molecule has 0 unspecified atom stereocenters. The number of para-hydroxylation sites is 1. The first-order chi connectivity index (χ1) is 7.83. The molecule has 0 bridgehead atoms. The summed E-state index contributed by atoms with van der Waals surface area (Å²) in [5.41, 5.74) is 2.21. The zero-order valence-corrected chi connectivity index (χ0v) is 9.51. The van der Waals surface area contributed by atoms with E-state index in [0.29, 0.717) is 0 Å². The van der Waals surface area contributed by atoms with Gasteiger partial charge in [0.1, 0.15) is 0 Å².